The van der Waals surface area contributed by atoms with Crippen LogP contribution in [0.5, 0.6) is 0 Å². The molecule has 0 bridgehead atoms. The zero-order valence-corrected chi connectivity index (χ0v) is 12.8. The standard InChI is InChI=1S/C4H8O.2C4H9.Sn/c1-2-3-4-5;2*1-3-4-2;/h1-4H2;2*1,3-4H2,2H3;/q-1;;;+1. The van der Waals surface area contributed by atoms with Crippen LogP contribution in [-0.4, -0.2) is 25.4 Å². The molecule has 0 radical (unpaired) electrons. The first kappa shape index (κ1) is 12.8. The predicted molar refractivity (Wildman–Crippen MR) is 65.2 cm³/mol. The topological polar surface area (TPSA) is 9.23 Å². The summed E-state index contributed by atoms with van der Waals surface area (Å²) in [5.74, 6) is 0. The van der Waals surface area contributed by atoms with Crippen molar-refractivity contribution >= 4 is 18.8 Å². The summed E-state index contributed by atoms with van der Waals surface area (Å²) in [7, 11) is 0. The molecule has 0 aromatic heterocycles. The van der Waals surface area contributed by atoms with Crippen LogP contribution < -0.4 is 0 Å². The van der Waals surface area contributed by atoms with E-state index in [9.17, 15) is 0 Å². The number of hydrogen-bond donors (Lipinski definition) is 0. The van der Waals surface area contributed by atoms with Crippen molar-refractivity contribution in [2.24, 2.45) is 0 Å². The summed E-state index contributed by atoms with van der Waals surface area (Å²) in [5, 5.41) is 0. The van der Waals surface area contributed by atoms with Gasteiger partial charge in [0.2, 0.25) is 0 Å². The maximum atomic E-state index is 6.28. The Morgan fingerprint density at radius 1 is 1.00 bits per heavy atom. The maximum absolute atomic E-state index is 6.28. The van der Waals surface area contributed by atoms with E-state index in [1.807, 2.05) is 0 Å². The quantitative estimate of drug-likeness (QED) is 0.663. The van der Waals surface area contributed by atoms with Gasteiger partial charge in [-0.25, -0.2) is 0 Å². The molecule has 1 fully saturated rings. The second kappa shape index (κ2) is 7.10. The van der Waals surface area contributed by atoms with Gasteiger partial charge in [0, 0.05) is 0 Å². The van der Waals surface area contributed by atoms with Crippen LogP contribution in [-0.2, 0) is 3.07 Å². The van der Waals surface area contributed by atoms with Crippen molar-refractivity contribution in [1.82, 2.24) is 0 Å². The fourth-order valence-electron chi connectivity index (χ4n) is 2.43. The Morgan fingerprint density at radius 2 is 1.64 bits per heavy atom. The summed E-state index contributed by atoms with van der Waals surface area (Å²) in [6, 6.07) is 0. The van der Waals surface area contributed by atoms with Gasteiger partial charge in [-0.05, 0) is 0 Å². The number of hydrogen-bond acceptors (Lipinski definition) is 1. The molecule has 1 rings (SSSR count). The van der Waals surface area contributed by atoms with Gasteiger partial charge in [-0.2, -0.15) is 0 Å². The van der Waals surface area contributed by atoms with Crippen molar-refractivity contribution in [2.75, 3.05) is 6.61 Å². The molecule has 1 saturated heterocycles. The van der Waals surface area contributed by atoms with Gasteiger partial charge < -0.3 is 0 Å². The fraction of sp³-hybridized carbons (Fsp3) is 1.00. The molecule has 1 aliphatic heterocycles. The first-order chi connectivity index (χ1) is 6.83. The summed E-state index contributed by atoms with van der Waals surface area (Å²) in [4.78, 5) is 0. The molecule has 0 atom stereocenters. The van der Waals surface area contributed by atoms with E-state index in [0.717, 1.165) is 6.61 Å². The Bertz CT molecular complexity index is 131. The molecule has 2 heteroatoms. The molecule has 1 heterocycles. The summed E-state index contributed by atoms with van der Waals surface area (Å²) < 4.78 is 10.8. The van der Waals surface area contributed by atoms with E-state index in [0.29, 0.717) is 0 Å². The Balaban J connectivity index is 2.39. The summed E-state index contributed by atoms with van der Waals surface area (Å²) in [5.41, 5.74) is 0. The average Bonchev–Trinajstić information content (AvgIpc) is 2.25. The Kier molecular flexibility index (Phi) is 6.51. The van der Waals surface area contributed by atoms with E-state index >= 15 is 0 Å². The monoisotopic (exact) mass is 306 g/mol. The third-order valence-corrected chi connectivity index (χ3v) is 16.6. The van der Waals surface area contributed by atoms with Gasteiger partial charge >= 0.3 is 94.2 Å². The molecule has 84 valence electrons. The van der Waals surface area contributed by atoms with Crippen LogP contribution in [0.1, 0.15) is 52.4 Å². The molecule has 0 amide bonds. The van der Waals surface area contributed by atoms with Crippen molar-refractivity contribution < 1.29 is 3.07 Å². The van der Waals surface area contributed by atoms with E-state index in [1.165, 1.54) is 51.8 Å². The third-order valence-electron chi connectivity index (χ3n) is 3.41. The zero-order chi connectivity index (χ0) is 10.3. The molecule has 0 aromatic carbocycles. The average molecular weight is 305 g/mol. The third kappa shape index (κ3) is 4.09. The van der Waals surface area contributed by atoms with E-state index in [4.69, 9.17) is 3.07 Å². The second-order valence-electron chi connectivity index (χ2n) is 4.70. The van der Waals surface area contributed by atoms with Gasteiger partial charge in [0.25, 0.3) is 0 Å². The zero-order valence-electron chi connectivity index (χ0n) is 9.98. The van der Waals surface area contributed by atoms with Crippen LogP contribution in [0.15, 0.2) is 0 Å². The first-order valence-corrected chi connectivity index (χ1v) is 13.7. The number of unbranched alkanes of at least 4 members (excludes halogenated alkanes) is 2. The van der Waals surface area contributed by atoms with E-state index in [2.05, 4.69) is 13.8 Å². The van der Waals surface area contributed by atoms with Crippen molar-refractivity contribution in [3.63, 3.8) is 0 Å². The van der Waals surface area contributed by atoms with Gasteiger partial charge in [0.05, 0.1) is 0 Å². The number of rotatable bonds is 6. The van der Waals surface area contributed by atoms with Crippen LogP contribution in [0.25, 0.3) is 0 Å². The molecule has 14 heavy (non-hydrogen) atoms. The van der Waals surface area contributed by atoms with Gasteiger partial charge in [0.1, 0.15) is 0 Å². The van der Waals surface area contributed by atoms with Gasteiger partial charge in [-0.3, -0.25) is 0 Å². The summed E-state index contributed by atoms with van der Waals surface area (Å²) >= 11 is -2.00. The molecule has 0 unspecified atom stereocenters. The van der Waals surface area contributed by atoms with E-state index < -0.39 is 18.8 Å². The Hall–Kier alpha value is 0.759. The molecule has 0 aliphatic carbocycles. The van der Waals surface area contributed by atoms with Gasteiger partial charge in [0.15, 0.2) is 0 Å². The predicted octanol–water partition coefficient (Wildman–Crippen LogP) is 4.34. The second-order valence-corrected chi connectivity index (χ2v) is 16.6. The van der Waals surface area contributed by atoms with Crippen LogP contribution in [0.3, 0.4) is 0 Å². The van der Waals surface area contributed by atoms with Crippen molar-refractivity contribution in [3.05, 3.63) is 0 Å². The van der Waals surface area contributed by atoms with Crippen molar-refractivity contribution in [1.29, 1.82) is 0 Å². The van der Waals surface area contributed by atoms with E-state index in [1.54, 1.807) is 0 Å². The van der Waals surface area contributed by atoms with Gasteiger partial charge in [-0.15, -0.1) is 0 Å². The molecular formula is C12H26OSn. The molecule has 1 aliphatic rings. The van der Waals surface area contributed by atoms with Gasteiger partial charge in [-0.1, -0.05) is 0 Å². The SMILES string of the molecule is CCC[CH2][Sn]1([CH2]CCC)[CH2]CCC[O]1. The van der Waals surface area contributed by atoms with Crippen LogP contribution in [0.4, 0.5) is 0 Å². The molecule has 0 spiro atoms. The fourth-order valence-corrected chi connectivity index (χ4v) is 15.7. The minimum atomic E-state index is -2.00. The molecular weight excluding hydrogens is 279 g/mol. The molecule has 0 N–H and O–H groups in total. The van der Waals surface area contributed by atoms with Crippen LogP contribution in [0.2, 0.25) is 13.3 Å². The molecule has 1 nitrogen and oxygen atoms in total. The summed E-state index contributed by atoms with van der Waals surface area (Å²) in [6.07, 6.45) is 8.38. The Labute approximate surface area is 94.0 Å². The van der Waals surface area contributed by atoms with Crippen molar-refractivity contribution in [3.8, 4) is 0 Å². The van der Waals surface area contributed by atoms with Crippen LogP contribution >= 0.6 is 0 Å². The summed E-state index contributed by atoms with van der Waals surface area (Å²) in [6.45, 7) is 5.72. The van der Waals surface area contributed by atoms with E-state index in [-0.39, 0.29) is 0 Å². The van der Waals surface area contributed by atoms with Crippen LogP contribution in [0, 0.1) is 0 Å². The molecule has 0 saturated carbocycles. The normalized spacial score (nSPS) is 21.0. The van der Waals surface area contributed by atoms with Crippen molar-refractivity contribution in [2.45, 2.75) is 65.7 Å². The first-order valence-electron chi connectivity index (χ1n) is 6.47. The Morgan fingerprint density at radius 3 is 2.07 bits per heavy atom. The minimum absolute atomic E-state index is 1.10. The molecule has 0 aromatic rings.